The van der Waals surface area contributed by atoms with Gasteiger partial charge in [-0.25, -0.2) is 8.42 Å². The Labute approximate surface area is 119 Å². The molecule has 0 heterocycles. The minimum atomic E-state index is -3.55. The van der Waals surface area contributed by atoms with E-state index in [1.54, 1.807) is 0 Å². The highest BCUT2D eigenvalue weighted by Gasteiger charge is 2.33. The first kappa shape index (κ1) is 22.6. The molecule has 0 saturated heterocycles. The molecule has 18 heavy (non-hydrogen) atoms. The smallest absolute Gasteiger partial charge is 0.324 e. The first-order chi connectivity index (χ1) is 7.07. The van der Waals surface area contributed by atoms with E-state index in [0.29, 0.717) is 0 Å². The molecule has 7 nitrogen and oxygen atoms in total. The molecular formula is C8H19Cl2N3O4S. The van der Waals surface area contributed by atoms with Crippen LogP contribution in [0.25, 0.3) is 0 Å². The first-order valence-corrected chi connectivity index (χ1v) is 6.38. The molecule has 0 radical (unpaired) electrons. The van der Waals surface area contributed by atoms with Crippen molar-refractivity contribution in [2.45, 2.75) is 19.4 Å². The van der Waals surface area contributed by atoms with Gasteiger partial charge in [-0.05, 0) is 13.8 Å². The number of amidine groups is 1. The van der Waals surface area contributed by atoms with Gasteiger partial charge in [0, 0.05) is 0 Å². The van der Waals surface area contributed by atoms with Crippen LogP contribution < -0.4 is 11.5 Å². The summed E-state index contributed by atoms with van der Waals surface area (Å²) in [7, 11) is -3.55. The number of aliphatic imine (C=N–C) groups is 1. The Kier molecular flexibility index (Phi) is 10.7. The van der Waals surface area contributed by atoms with E-state index in [4.69, 9.17) is 16.6 Å². The van der Waals surface area contributed by atoms with Crippen LogP contribution in [0, 0.1) is 0 Å². The molecule has 0 amide bonds. The van der Waals surface area contributed by atoms with Crippen molar-refractivity contribution in [3.05, 3.63) is 0 Å². The van der Waals surface area contributed by atoms with E-state index in [0.717, 1.165) is 6.92 Å². The Morgan fingerprint density at radius 3 is 2.17 bits per heavy atom. The van der Waals surface area contributed by atoms with Crippen molar-refractivity contribution in [1.29, 1.82) is 0 Å². The lowest BCUT2D eigenvalue weighted by molar-refractivity contribution is -0.141. The SMILES string of the molecule is CC(N)=NCCS(=O)(=O)C[C@](C)(N)C(=O)O.Cl.Cl. The van der Waals surface area contributed by atoms with Gasteiger partial charge in [0.15, 0.2) is 9.84 Å². The Morgan fingerprint density at radius 2 is 1.83 bits per heavy atom. The normalized spacial score (nSPS) is 14.9. The number of sulfone groups is 1. The predicted octanol–water partition coefficient (Wildman–Crippen LogP) is -0.576. The van der Waals surface area contributed by atoms with Crippen molar-refractivity contribution in [1.82, 2.24) is 0 Å². The van der Waals surface area contributed by atoms with Gasteiger partial charge in [-0.3, -0.25) is 9.79 Å². The minimum absolute atomic E-state index is 0. The van der Waals surface area contributed by atoms with E-state index in [1.165, 1.54) is 6.92 Å². The monoisotopic (exact) mass is 323 g/mol. The van der Waals surface area contributed by atoms with E-state index < -0.39 is 27.1 Å². The number of aliphatic carboxylic acids is 1. The number of carbonyl (C=O) groups is 1. The number of nitrogens with two attached hydrogens (primary N) is 2. The topological polar surface area (TPSA) is 136 Å². The van der Waals surface area contributed by atoms with Gasteiger partial charge in [-0.15, -0.1) is 24.8 Å². The van der Waals surface area contributed by atoms with Gasteiger partial charge in [-0.2, -0.15) is 0 Å². The highest BCUT2D eigenvalue weighted by Crippen LogP contribution is 2.05. The van der Waals surface area contributed by atoms with Crippen LogP contribution in [0.2, 0.25) is 0 Å². The molecule has 0 aromatic rings. The number of carboxylic acid groups (broad SMARTS) is 1. The molecule has 5 N–H and O–H groups in total. The van der Waals surface area contributed by atoms with Crippen molar-refractivity contribution < 1.29 is 18.3 Å². The number of nitrogens with zero attached hydrogens (tertiary/aromatic N) is 1. The van der Waals surface area contributed by atoms with E-state index >= 15 is 0 Å². The van der Waals surface area contributed by atoms with Crippen molar-refractivity contribution in [2.75, 3.05) is 18.1 Å². The van der Waals surface area contributed by atoms with Gasteiger partial charge in [-0.1, -0.05) is 0 Å². The Balaban J connectivity index is -0.00000112. The standard InChI is InChI=1S/C8H17N3O4S.2ClH/c1-6(9)11-3-4-16(14,15)5-8(2,10)7(12)13;;/h3-5,10H2,1-2H3,(H2,9,11)(H,12,13);2*1H/t8-;;/m0../s1. The molecular weight excluding hydrogens is 305 g/mol. The molecule has 0 aliphatic heterocycles. The van der Waals surface area contributed by atoms with Crippen LogP contribution in [-0.2, 0) is 14.6 Å². The highest BCUT2D eigenvalue weighted by atomic mass is 35.5. The number of hydrogen-bond donors (Lipinski definition) is 3. The van der Waals surface area contributed by atoms with Crippen LogP contribution in [0.5, 0.6) is 0 Å². The fourth-order valence-electron chi connectivity index (χ4n) is 0.952. The Morgan fingerprint density at radius 1 is 1.39 bits per heavy atom. The molecule has 0 rings (SSSR count). The molecule has 0 aliphatic rings. The lowest BCUT2D eigenvalue weighted by Gasteiger charge is -2.18. The second kappa shape index (κ2) is 8.52. The maximum atomic E-state index is 11.5. The first-order valence-electron chi connectivity index (χ1n) is 4.56. The predicted molar refractivity (Wildman–Crippen MR) is 75.5 cm³/mol. The zero-order chi connectivity index (χ0) is 13.0. The third-order valence-electron chi connectivity index (χ3n) is 1.77. The van der Waals surface area contributed by atoms with Crippen LogP contribution in [0.15, 0.2) is 4.99 Å². The van der Waals surface area contributed by atoms with Crippen molar-refractivity contribution in [3.8, 4) is 0 Å². The van der Waals surface area contributed by atoms with Crippen molar-refractivity contribution >= 4 is 46.5 Å². The average molecular weight is 324 g/mol. The second-order valence-corrected chi connectivity index (χ2v) is 6.02. The summed E-state index contributed by atoms with van der Waals surface area (Å²) in [6.07, 6.45) is 0. The molecule has 0 aromatic heterocycles. The zero-order valence-corrected chi connectivity index (χ0v) is 12.6. The van der Waals surface area contributed by atoms with Crippen LogP contribution in [0.3, 0.4) is 0 Å². The summed E-state index contributed by atoms with van der Waals surface area (Å²) in [6.45, 7) is 2.71. The van der Waals surface area contributed by atoms with Crippen molar-refractivity contribution in [3.63, 3.8) is 0 Å². The van der Waals surface area contributed by atoms with Gasteiger partial charge >= 0.3 is 5.97 Å². The van der Waals surface area contributed by atoms with E-state index in [2.05, 4.69) is 4.99 Å². The molecule has 0 aliphatic carbocycles. The Hall–Kier alpha value is -0.570. The zero-order valence-electron chi connectivity index (χ0n) is 10.1. The third kappa shape index (κ3) is 9.46. The molecule has 10 heteroatoms. The van der Waals surface area contributed by atoms with Crippen molar-refractivity contribution in [2.24, 2.45) is 16.5 Å². The summed E-state index contributed by atoms with van der Waals surface area (Å²) in [5.74, 6) is -1.95. The molecule has 0 bridgehead atoms. The van der Waals surface area contributed by atoms with Gasteiger partial charge in [0.1, 0.15) is 5.54 Å². The molecule has 0 aromatic carbocycles. The molecule has 0 fully saturated rings. The van der Waals surface area contributed by atoms with Gasteiger partial charge in [0.05, 0.1) is 23.9 Å². The largest absolute Gasteiger partial charge is 0.480 e. The van der Waals surface area contributed by atoms with Crippen LogP contribution in [0.4, 0.5) is 0 Å². The molecule has 0 spiro atoms. The molecule has 110 valence electrons. The molecule has 0 saturated carbocycles. The maximum Gasteiger partial charge on any atom is 0.324 e. The van der Waals surface area contributed by atoms with Crippen LogP contribution in [-0.4, -0.2) is 48.9 Å². The Bertz CT molecular complexity index is 391. The third-order valence-corrected chi connectivity index (χ3v) is 3.62. The minimum Gasteiger partial charge on any atom is -0.480 e. The van der Waals surface area contributed by atoms with Crippen LogP contribution in [0.1, 0.15) is 13.8 Å². The fraction of sp³-hybridized carbons (Fsp3) is 0.750. The summed E-state index contributed by atoms with van der Waals surface area (Å²) in [5.41, 5.74) is 8.79. The number of hydrogen-bond acceptors (Lipinski definition) is 5. The summed E-state index contributed by atoms with van der Waals surface area (Å²) in [4.78, 5) is 14.4. The fourth-order valence-corrected chi connectivity index (χ4v) is 2.50. The van der Waals surface area contributed by atoms with Gasteiger partial charge in [0.2, 0.25) is 0 Å². The highest BCUT2D eigenvalue weighted by molar-refractivity contribution is 7.91. The average Bonchev–Trinajstić information content (AvgIpc) is 1.99. The number of halogens is 2. The second-order valence-electron chi connectivity index (χ2n) is 3.84. The maximum absolute atomic E-state index is 11.5. The lowest BCUT2D eigenvalue weighted by atomic mass is 10.1. The van der Waals surface area contributed by atoms with Crippen LogP contribution >= 0.6 is 24.8 Å². The molecule has 1 atom stereocenters. The molecule has 0 unspecified atom stereocenters. The lowest BCUT2D eigenvalue weighted by Crippen LogP contribution is -2.51. The number of rotatable bonds is 6. The summed E-state index contributed by atoms with van der Waals surface area (Å²) in [5, 5.41) is 8.68. The van der Waals surface area contributed by atoms with Gasteiger partial charge in [0.25, 0.3) is 0 Å². The van der Waals surface area contributed by atoms with E-state index in [9.17, 15) is 13.2 Å². The van der Waals surface area contributed by atoms with Gasteiger partial charge < -0.3 is 16.6 Å². The number of carboxylic acids is 1. The van der Waals surface area contributed by atoms with E-state index in [-0.39, 0.29) is 42.9 Å². The summed E-state index contributed by atoms with van der Waals surface area (Å²) >= 11 is 0. The summed E-state index contributed by atoms with van der Waals surface area (Å²) < 4.78 is 23.0. The summed E-state index contributed by atoms with van der Waals surface area (Å²) in [6, 6.07) is 0. The van der Waals surface area contributed by atoms with E-state index in [1.807, 2.05) is 0 Å². The quantitative estimate of drug-likeness (QED) is 0.442.